The molecule has 0 atom stereocenters. The van der Waals surface area contributed by atoms with Crippen molar-refractivity contribution >= 4 is 11.7 Å². The molecule has 1 saturated heterocycles. The SMILES string of the molecule is CN1CCN(c2ccc(C(C)(C)N)cc2)C1=O. The molecule has 1 aromatic carbocycles. The van der Waals surface area contributed by atoms with Crippen LogP contribution in [0.1, 0.15) is 19.4 Å². The van der Waals surface area contributed by atoms with Crippen LogP contribution in [0.2, 0.25) is 0 Å². The number of hydrogen-bond acceptors (Lipinski definition) is 2. The molecular weight excluding hydrogens is 214 g/mol. The molecule has 1 fully saturated rings. The summed E-state index contributed by atoms with van der Waals surface area (Å²) in [4.78, 5) is 15.3. The van der Waals surface area contributed by atoms with Gasteiger partial charge >= 0.3 is 6.03 Å². The van der Waals surface area contributed by atoms with Crippen molar-refractivity contribution in [1.82, 2.24) is 4.90 Å². The third-order valence-electron chi connectivity index (χ3n) is 3.14. The summed E-state index contributed by atoms with van der Waals surface area (Å²) in [7, 11) is 1.82. The fourth-order valence-electron chi connectivity index (χ4n) is 1.96. The van der Waals surface area contributed by atoms with Crippen molar-refractivity contribution < 1.29 is 4.79 Å². The smallest absolute Gasteiger partial charge is 0.324 e. The fraction of sp³-hybridized carbons (Fsp3) is 0.462. The summed E-state index contributed by atoms with van der Waals surface area (Å²) < 4.78 is 0. The molecule has 0 bridgehead atoms. The number of urea groups is 1. The maximum Gasteiger partial charge on any atom is 0.324 e. The first-order valence-corrected chi connectivity index (χ1v) is 5.81. The van der Waals surface area contributed by atoms with Crippen molar-refractivity contribution in [1.29, 1.82) is 0 Å². The second kappa shape index (κ2) is 4.04. The van der Waals surface area contributed by atoms with Gasteiger partial charge in [0.25, 0.3) is 0 Å². The Hall–Kier alpha value is -1.55. The summed E-state index contributed by atoms with van der Waals surface area (Å²) >= 11 is 0. The maximum atomic E-state index is 11.8. The van der Waals surface area contributed by atoms with Crippen LogP contribution in [-0.4, -0.2) is 31.1 Å². The Labute approximate surface area is 102 Å². The van der Waals surface area contributed by atoms with E-state index in [2.05, 4.69) is 0 Å². The highest BCUT2D eigenvalue weighted by Gasteiger charge is 2.26. The lowest BCUT2D eigenvalue weighted by Gasteiger charge is -2.21. The van der Waals surface area contributed by atoms with Crippen LogP contribution in [0.3, 0.4) is 0 Å². The number of nitrogens with zero attached hydrogens (tertiary/aromatic N) is 2. The number of carbonyl (C=O) groups excluding carboxylic acids is 1. The minimum absolute atomic E-state index is 0.0600. The monoisotopic (exact) mass is 233 g/mol. The highest BCUT2D eigenvalue weighted by Crippen LogP contribution is 2.23. The lowest BCUT2D eigenvalue weighted by atomic mass is 9.95. The molecule has 1 aromatic rings. The second-order valence-corrected chi connectivity index (χ2v) is 5.12. The fourth-order valence-corrected chi connectivity index (χ4v) is 1.96. The maximum absolute atomic E-state index is 11.8. The molecule has 0 radical (unpaired) electrons. The lowest BCUT2D eigenvalue weighted by molar-refractivity contribution is 0.229. The normalized spacial score (nSPS) is 16.8. The van der Waals surface area contributed by atoms with Crippen molar-refractivity contribution in [3.8, 4) is 0 Å². The molecule has 17 heavy (non-hydrogen) atoms. The standard InChI is InChI=1S/C13H19N3O/c1-13(2,14)10-4-6-11(7-5-10)16-9-8-15(3)12(16)17/h4-7H,8-9,14H2,1-3H3. The minimum atomic E-state index is -0.343. The van der Waals surface area contributed by atoms with Gasteiger partial charge in [0.15, 0.2) is 0 Å². The molecule has 92 valence electrons. The number of carbonyl (C=O) groups is 1. The first-order valence-electron chi connectivity index (χ1n) is 5.81. The largest absolute Gasteiger partial charge is 0.326 e. The summed E-state index contributed by atoms with van der Waals surface area (Å²) in [5, 5.41) is 0. The van der Waals surface area contributed by atoms with Crippen LogP contribution in [0, 0.1) is 0 Å². The third kappa shape index (κ3) is 2.26. The van der Waals surface area contributed by atoms with Crippen LogP contribution in [0.5, 0.6) is 0 Å². The van der Waals surface area contributed by atoms with Gasteiger partial charge in [0, 0.05) is 31.4 Å². The van der Waals surface area contributed by atoms with Gasteiger partial charge in [0.05, 0.1) is 0 Å². The first kappa shape index (κ1) is 11.9. The Balaban J connectivity index is 2.22. The van der Waals surface area contributed by atoms with Gasteiger partial charge in [-0.15, -0.1) is 0 Å². The average molecular weight is 233 g/mol. The van der Waals surface area contributed by atoms with Crippen molar-refractivity contribution in [3.63, 3.8) is 0 Å². The molecule has 0 aliphatic carbocycles. The van der Waals surface area contributed by atoms with E-state index in [4.69, 9.17) is 5.73 Å². The second-order valence-electron chi connectivity index (χ2n) is 5.12. The molecule has 4 nitrogen and oxygen atoms in total. The van der Waals surface area contributed by atoms with Crippen LogP contribution in [0.4, 0.5) is 10.5 Å². The van der Waals surface area contributed by atoms with Crippen LogP contribution in [0.15, 0.2) is 24.3 Å². The summed E-state index contributed by atoms with van der Waals surface area (Å²) in [5.41, 5.74) is 7.69. The van der Waals surface area contributed by atoms with Gasteiger partial charge in [0.1, 0.15) is 0 Å². The predicted molar refractivity (Wildman–Crippen MR) is 69.0 cm³/mol. The zero-order valence-electron chi connectivity index (χ0n) is 10.6. The highest BCUT2D eigenvalue weighted by molar-refractivity contribution is 5.93. The van der Waals surface area contributed by atoms with Gasteiger partial charge in [0.2, 0.25) is 0 Å². The van der Waals surface area contributed by atoms with Gasteiger partial charge in [-0.2, -0.15) is 0 Å². The van der Waals surface area contributed by atoms with Gasteiger partial charge in [-0.3, -0.25) is 4.90 Å². The lowest BCUT2D eigenvalue weighted by Crippen LogP contribution is -2.30. The average Bonchev–Trinajstić information content (AvgIpc) is 2.59. The number of nitrogens with two attached hydrogens (primary N) is 1. The quantitative estimate of drug-likeness (QED) is 0.846. The Kier molecular flexibility index (Phi) is 2.83. The molecule has 0 aromatic heterocycles. The van der Waals surface area contributed by atoms with Crippen molar-refractivity contribution in [2.75, 3.05) is 25.0 Å². The molecule has 0 unspecified atom stereocenters. The van der Waals surface area contributed by atoms with Crippen molar-refractivity contribution in [2.45, 2.75) is 19.4 Å². The topological polar surface area (TPSA) is 49.6 Å². The van der Waals surface area contributed by atoms with E-state index in [1.54, 1.807) is 9.80 Å². The van der Waals surface area contributed by atoms with Crippen LogP contribution < -0.4 is 10.6 Å². The molecule has 4 heteroatoms. The highest BCUT2D eigenvalue weighted by atomic mass is 16.2. The molecule has 0 spiro atoms. The van der Waals surface area contributed by atoms with Gasteiger partial charge in [-0.1, -0.05) is 12.1 Å². The van der Waals surface area contributed by atoms with Crippen LogP contribution in [-0.2, 0) is 5.54 Å². The molecule has 1 heterocycles. The zero-order valence-corrected chi connectivity index (χ0v) is 10.6. The zero-order chi connectivity index (χ0) is 12.6. The third-order valence-corrected chi connectivity index (χ3v) is 3.14. The Morgan fingerprint density at radius 2 is 1.76 bits per heavy atom. The van der Waals surface area contributed by atoms with E-state index >= 15 is 0 Å². The Morgan fingerprint density at radius 1 is 1.18 bits per heavy atom. The number of amides is 2. The van der Waals surface area contributed by atoms with Crippen LogP contribution >= 0.6 is 0 Å². The van der Waals surface area contributed by atoms with E-state index in [0.29, 0.717) is 0 Å². The summed E-state index contributed by atoms with van der Waals surface area (Å²) in [6.07, 6.45) is 0. The van der Waals surface area contributed by atoms with E-state index in [9.17, 15) is 4.79 Å². The van der Waals surface area contributed by atoms with Gasteiger partial charge < -0.3 is 10.6 Å². The molecule has 2 N–H and O–H groups in total. The van der Waals surface area contributed by atoms with E-state index in [1.165, 1.54) is 0 Å². The molecule has 2 rings (SSSR count). The van der Waals surface area contributed by atoms with Crippen LogP contribution in [0.25, 0.3) is 0 Å². The predicted octanol–water partition coefficient (Wildman–Crippen LogP) is 1.75. The molecular formula is C13H19N3O. The number of rotatable bonds is 2. The molecule has 1 aliphatic heterocycles. The minimum Gasteiger partial charge on any atom is -0.326 e. The number of benzene rings is 1. The number of hydrogen-bond donors (Lipinski definition) is 1. The molecule has 0 saturated carbocycles. The van der Waals surface area contributed by atoms with E-state index in [-0.39, 0.29) is 11.6 Å². The first-order chi connectivity index (χ1) is 7.89. The van der Waals surface area contributed by atoms with Crippen molar-refractivity contribution in [3.05, 3.63) is 29.8 Å². The van der Waals surface area contributed by atoms with Gasteiger partial charge in [-0.05, 0) is 31.5 Å². The summed E-state index contributed by atoms with van der Waals surface area (Å²) in [6.45, 7) is 5.47. The van der Waals surface area contributed by atoms with Crippen molar-refractivity contribution in [2.24, 2.45) is 5.73 Å². The number of likely N-dealkylation sites (N-methyl/N-ethyl adjacent to an activating group) is 1. The number of anilines is 1. The van der Waals surface area contributed by atoms with Gasteiger partial charge in [-0.25, -0.2) is 4.79 Å². The summed E-state index contributed by atoms with van der Waals surface area (Å²) in [5.74, 6) is 0. The summed E-state index contributed by atoms with van der Waals surface area (Å²) in [6, 6.07) is 7.95. The van der Waals surface area contributed by atoms with E-state index < -0.39 is 0 Å². The Bertz CT molecular complexity index is 419. The van der Waals surface area contributed by atoms with E-state index in [1.807, 2.05) is 45.2 Å². The Morgan fingerprint density at radius 3 is 2.18 bits per heavy atom. The van der Waals surface area contributed by atoms with E-state index in [0.717, 1.165) is 24.3 Å². The molecule has 2 amide bonds. The molecule has 1 aliphatic rings.